The van der Waals surface area contributed by atoms with Gasteiger partial charge in [0.1, 0.15) is 5.52 Å². The van der Waals surface area contributed by atoms with E-state index in [0.29, 0.717) is 0 Å². The van der Waals surface area contributed by atoms with Gasteiger partial charge in [0.15, 0.2) is 0 Å². The van der Waals surface area contributed by atoms with E-state index >= 15 is 0 Å². The molecule has 2 aromatic heterocycles. The number of para-hydroxylation sites is 1. The van der Waals surface area contributed by atoms with Crippen molar-refractivity contribution < 1.29 is 0 Å². The quantitative estimate of drug-likeness (QED) is 0.299. The Labute approximate surface area is 179 Å². The third-order valence-electron chi connectivity index (χ3n) is 5.71. The van der Waals surface area contributed by atoms with Crippen LogP contribution in [0.3, 0.4) is 0 Å². The van der Waals surface area contributed by atoms with Crippen LogP contribution >= 0.6 is 11.6 Å². The second-order valence-corrected chi connectivity index (χ2v) is 7.89. The lowest BCUT2D eigenvalue weighted by atomic mass is 10.1. The molecule has 0 aliphatic carbocycles. The van der Waals surface area contributed by atoms with Crippen LogP contribution in [0.5, 0.6) is 0 Å². The first-order valence-electron chi connectivity index (χ1n) is 9.94. The third-order valence-corrected chi connectivity index (χ3v) is 6.00. The number of fused-ring (bicyclic) bond motifs is 5. The van der Waals surface area contributed by atoms with Gasteiger partial charge in [0.2, 0.25) is 0 Å². The first-order valence-corrected chi connectivity index (χ1v) is 10.3. The molecule has 0 N–H and O–H groups in total. The summed E-state index contributed by atoms with van der Waals surface area (Å²) in [5.74, 6) is 0. The molecule has 6 aromatic rings. The zero-order valence-corrected chi connectivity index (χ0v) is 16.9. The Balaban J connectivity index is 1.69. The summed E-state index contributed by atoms with van der Waals surface area (Å²) in [6.45, 7) is 0.809. The fraction of sp³-hybridized carbons (Fsp3) is 0.0370. The van der Waals surface area contributed by atoms with Crippen LogP contribution in [0.15, 0.2) is 91.1 Å². The van der Waals surface area contributed by atoms with Crippen LogP contribution in [0.4, 0.5) is 0 Å². The second-order valence-electron chi connectivity index (χ2n) is 7.48. The summed E-state index contributed by atoms with van der Waals surface area (Å²) >= 11 is 6.94. The highest BCUT2D eigenvalue weighted by molar-refractivity contribution is 6.39. The lowest BCUT2D eigenvalue weighted by molar-refractivity contribution is 0.837. The number of hydrogen-bond acceptors (Lipinski definition) is 0. The Morgan fingerprint density at radius 1 is 0.833 bits per heavy atom. The Morgan fingerprint density at radius 2 is 1.60 bits per heavy atom. The summed E-state index contributed by atoms with van der Waals surface area (Å²) in [5.41, 5.74) is 5.47. The van der Waals surface area contributed by atoms with Gasteiger partial charge in [-0.25, -0.2) is 0 Å². The molecule has 4 aromatic carbocycles. The van der Waals surface area contributed by atoms with Crippen LogP contribution in [0.25, 0.3) is 38.4 Å². The Hall–Kier alpha value is -3.67. The molecule has 0 aliphatic heterocycles. The lowest BCUT2D eigenvalue weighted by Gasteiger charge is -2.10. The fourth-order valence-electron chi connectivity index (χ4n) is 4.41. The number of aromatic nitrogens is 2. The van der Waals surface area contributed by atoms with Crippen molar-refractivity contribution in [2.75, 3.05) is 0 Å². The van der Waals surface area contributed by atoms with Crippen LogP contribution < -0.4 is 0 Å². The van der Waals surface area contributed by atoms with Crippen LogP contribution in [-0.4, -0.2) is 9.13 Å². The third kappa shape index (κ3) is 2.53. The van der Waals surface area contributed by atoms with E-state index in [-0.39, 0.29) is 0 Å². The molecule has 30 heavy (non-hydrogen) atoms. The van der Waals surface area contributed by atoms with Crippen molar-refractivity contribution in [3.05, 3.63) is 114 Å². The Morgan fingerprint density at radius 3 is 2.40 bits per heavy atom. The summed E-state index contributed by atoms with van der Waals surface area (Å²) in [6, 6.07) is 35.6. The van der Waals surface area contributed by atoms with Gasteiger partial charge in [0, 0.05) is 34.6 Å². The summed E-state index contributed by atoms with van der Waals surface area (Å²) in [6.07, 6.45) is 2.15. The van der Waals surface area contributed by atoms with Crippen molar-refractivity contribution in [1.82, 2.24) is 9.13 Å². The molecule has 0 atom stereocenters. The van der Waals surface area contributed by atoms with Gasteiger partial charge in [-0.05, 0) is 48.0 Å². The molecule has 0 aliphatic rings. The van der Waals surface area contributed by atoms with Crippen molar-refractivity contribution in [2.45, 2.75) is 6.54 Å². The Kier molecular flexibility index (Phi) is 3.84. The summed E-state index contributed by atoms with van der Waals surface area (Å²) in [4.78, 5) is 0. The smallest absolute Gasteiger partial charge is 0.105 e. The van der Waals surface area contributed by atoms with E-state index in [9.17, 15) is 0 Å². The first kappa shape index (κ1) is 17.2. The zero-order valence-electron chi connectivity index (χ0n) is 16.1. The van der Waals surface area contributed by atoms with Gasteiger partial charge in [-0.1, -0.05) is 66.2 Å². The number of rotatable bonds is 3. The van der Waals surface area contributed by atoms with Gasteiger partial charge < -0.3 is 9.13 Å². The van der Waals surface area contributed by atoms with Crippen molar-refractivity contribution >= 4 is 44.3 Å². The highest BCUT2D eigenvalue weighted by atomic mass is 35.5. The minimum absolute atomic E-state index is 0.735. The average Bonchev–Trinajstić information content (AvgIpc) is 3.34. The zero-order chi connectivity index (χ0) is 20.1. The molecule has 0 fully saturated rings. The molecule has 0 spiro atoms. The van der Waals surface area contributed by atoms with Gasteiger partial charge in [-0.2, -0.15) is 0 Å². The molecule has 0 radical (unpaired) electrons. The maximum absolute atomic E-state index is 6.94. The monoisotopic (exact) mass is 404 g/mol. The van der Waals surface area contributed by atoms with Gasteiger partial charge in [-0.15, -0.1) is 0 Å². The van der Waals surface area contributed by atoms with Crippen LogP contribution in [0.1, 0.15) is 5.56 Å². The predicted octanol–water partition coefficient (Wildman–Crippen LogP) is 7.04. The number of halogens is 1. The van der Waals surface area contributed by atoms with Gasteiger partial charge >= 0.3 is 0 Å². The topological polar surface area (TPSA) is 9.86 Å². The second kappa shape index (κ2) is 6.69. The van der Waals surface area contributed by atoms with Crippen molar-refractivity contribution in [2.24, 2.45) is 0 Å². The molecule has 0 bridgehead atoms. The van der Waals surface area contributed by atoms with E-state index in [1.54, 1.807) is 0 Å². The SMILES string of the molecule is Clc1cc2c(ccn2Cc2ccccc2)c2c3ccc#cc3n(-c3ccccc3)c12. The molecule has 142 valence electrons. The lowest BCUT2D eigenvalue weighted by Crippen LogP contribution is -1.98. The molecule has 0 saturated heterocycles. The van der Waals surface area contributed by atoms with Crippen LogP contribution in [-0.2, 0) is 6.54 Å². The first-order chi connectivity index (χ1) is 14.8. The van der Waals surface area contributed by atoms with E-state index in [0.717, 1.165) is 44.6 Å². The molecule has 2 heterocycles. The fourth-order valence-corrected chi connectivity index (χ4v) is 4.69. The predicted molar refractivity (Wildman–Crippen MR) is 125 cm³/mol. The van der Waals surface area contributed by atoms with E-state index in [1.807, 2.05) is 30.3 Å². The highest BCUT2D eigenvalue weighted by Gasteiger charge is 2.19. The number of benzene rings is 3. The van der Waals surface area contributed by atoms with E-state index in [4.69, 9.17) is 11.6 Å². The molecule has 6 rings (SSSR count). The molecular formula is C27H17ClN2. The van der Waals surface area contributed by atoms with Crippen molar-refractivity contribution in [3.8, 4) is 5.69 Å². The maximum atomic E-state index is 6.94. The maximum Gasteiger partial charge on any atom is 0.105 e. The molecule has 3 heteroatoms. The standard InChI is InChI=1S/C27H17ClN2/c28-23-17-25-22(15-16-29(25)18-19-9-3-1-4-10-19)26-21-13-7-8-14-24(21)30(27(23)26)20-11-5-2-6-12-20/h1-7,9-13,15-17H,18H2. The minimum Gasteiger partial charge on any atom is -0.343 e. The summed E-state index contributed by atoms with van der Waals surface area (Å²) < 4.78 is 4.46. The molecule has 0 saturated carbocycles. The van der Waals surface area contributed by atoms with Gasteiger partial charge in [0.25, 0.3) is 0 Å². The van der Waals surface area contributed by atoms with E-state index in [1.165, 1.54) is 10.9 Å². The Bertz CT molecular complexity index is 1510. The van der Waals surface area contributed by atoms with Gasteiger partial charge in [0.05, 0.1) is 16.1 Å². The largest absolute Gasteiger partial charge is 0.343 e. The minimum atomic E-state index is 0.735. The number of hydrogen-bond donors (Lipinski definition) is 0. The number of nitrogens with zero attached hydrogens (tertiary/aromatic N) is 2. The average molecular weight is 405 g/mol. The molecular weight excluding hydrogens is 388 g/mol. The van der Waals surface area contributed by atoms with Crippen molar-refractivity contribution in [1.29, 1.82) is 0 Å². The van der Waals surface area contributed by atoms with Crippen molar-refractivity contribution in [3.63, 3.8) is 0 Å². The molecule has 2 nitrogen and oxygen atoms in total. The molecule has 0 unspecified atom stereocenters. The van der Waals surface area contributed by atoms with E-state index in [2.05, 4.69) is 82.1 Å². The summed E-state index contributed by atoms with van der Waals surface area (Å²) in [7, 11) is 0. The van der Waals surface area contributed by atoms with Gasteiger partial charge in [-0.3, -0.25) is 0 Å². The van der Waals surface area contributed by atoms with Crippen LogP contribution in [0.2, 0.25) is 5.02 Å². The molecule has 0 amide bonds. The van der Waals surface area contributed by atoms with E-state index < -0.39 is 0 Å². The van der Waals surface area contributed by atoms with Crippen LogP contribution in [0, 0.1) is 12.1 Å². The summed E-state index contributed by atoms with van der Waals surface area (Å²) in [5, 5.41) is 4.23. The normalized spacial score (nSPS) is 11.4. The highest BCUT2D eigenvalue weighted by Crippen LogP contribution is 2.40.